The number of hydrogen-bond donors (Lipinski definition) is 1. The number of carbonyl (C=O) groups is 1. The molecule has 6 heteroatoms. The molecule has 134 valence electrons. The number of rotatable bonds is 4. The second-order valence-corrected chi connectivity index (χ2v) is 8.78. The van der Waals surface area contributed by atoms with E-state index in [-0.39, 0.29) is 11.3 Å². The van der Waals surface area contributed by atoms with Gasteiger partial charge in [0.05, 0.1) is 0 Å². The van der Waals surface area contributed by atoms with E-state index < -0.39 is 0 Å². The molecule has 0 bridgehead atoms. The summed E-state index contributed by atoms with van der Waals surface area (Å²) in [5.74, 6) is -0.175. The molecule has 0 saturated heterocycles. The van der Waals surface area contributed by atoms with Crippen molar-refractivity contribution in [2.45, 2.75) is 31.1 Å². The van der Waals surface area contributed by atoms with E-state index in [1.165, 1.54) is 21.8 Å². The summed E-state index contributed by atoms with van der Waals surface area (Å²) in [5.41, 5.74) is 2.87. The van der Waals surface area contributed by atoms with E-state index in [1.54, 1.807) is 11.8 Å². The summed E-state index contributed by atoms with van der Waals surface area (Å²) in [6.45, 7) is 6.45. The topological polar surface area (TPSA) is 54.9 Å². The van der Waals surface area contributed by atoms with E-state index >= 15 is 0 Å². The zero-order valence-corrected chi connectivity index (χ0v) is 16.9. The Kier molecular flexibility index (Phi) is 5.44. The molecule has 26 heavy (non-hydrogen) atoms. The van der Waals surface area contributed by atoms with Crippen molar-refractivity contribution in [3.05, 3.63) is 59.7 Å². The fourth-order valence-corrected chi connectivity index (χ4v) is 3.57. The molecule has 0 aliphatic heterocycles. The van der Waals surface area contributed by atoms with Crippen LogP contribution in [0.4, 0.5) is 5.13 Å². The number of aromatic nitrogens is 2. The van der Waals surface area contributed by atoms with Gasteiger partial charge in [-0.3, -0.25) is 10.1 Å². The van der Waals surface area contributed by atoms with Crippen LogP contribution in [0.3, 0.4) is 0 Å². The Labute approximate surface area is 162 Å². The number of hydrogen-bond acceptors (Lipinski definition) is 5. The molecule has 0 unspecified atom stereocenters. The summed E-state index contributed by atoms with van der Waals surface area (Å²) in [5, 5.41) is 12.4. The van der Waals surface area contributed by atoms with Crippen LogP contribution in [0.2, 0.25) is 0 Å². The van der Waals surface area contributed by atoms with E-state index in [1.807, 2.05) is 42.7 Å². The molecule has 1 aromatic heterocycles. The average molecular weight is 384 g/mol. The zero-order valence-electron chi connectivity index (χ0n) is 15.2. The Morgan fingerprint density at radius 3 is 2.23 bits per heavy atom. The lowest BCUT2D eigenvalue weighted by Crippen LogP contribution is -2.14. The number of anilines is 1. The van der Waals surface area contributed by atoms with Crippen LogP contribution in [0, 0.1) is 0 Å². The Balaban J connectivity index is 1.71. The Morgan fingerprint density at radius 2 is 1.65 bits per heavy atom. The fourth-order valence-electron chi connectivity index (χ4n) is 2.41. The molecule has 0 aliphatic rings. The van der Waals surface area contributed by atoms with Crippen LogP contribution in [0.1, 0.15) is 36.7 Å². The monoisotopic (exact) mass is 383 g/mol. The largest absolute Gasteiger partial charge is 0.296 e. The van der Waals surface area contributed by atoms with Gasteiger partial charge in [-0.15, -0.1) is 22.0 Å². The van der Waals surface area contributed by atoms with Crippen LogP contribution in [-0.4, -0.2) is 22.4 Å². The standard InChI is InChI=1S/C20H21N3OS2/c1-20(2,3)15-9-5-13(6-10-15)17(24)21-19-23-22-18(26-19)14-7-11-16(25-4)12-8-14/h5-12H,1-4H3,(H,21,23,24). The van der Waals surface area contributed by atoms with Crippen LogP contribution in [-0.2, 0) is 5.41 Å². The van der Waals surface area contributed by atoms with E-state index in [9.17, 15) is 4.79 Å². The van der Waals surface area contributed by atoms with Gasteiger partial charge in [0.1, 0.15) is 5.01 Å². The third-order valence-corrected chi connectivity index (χ3v) is 5.63. The van der Waals surface area contributed by atoms with Crippen molar-refractivity contribution < 1.29 is 4.79 Å². The third kappa shape index (κ3) is 4.31. The van der Waals surface area contributed by atoms with Crippen molar-refractivity contribution in [3.63, 3.8) is 0 Å². The number of carbonyl (C=O) groups excluding carboxylic acids is 1. The molecule has 0 saturated carbocycles. The maximum absolute atomic E-state index is 12.4. The van der Waals surface area contributed by atoms with Gasteiger partial charge in [-0.2, -0.15) is 0 Å². The van der Waals surface area contributed by atoms with Crippen molar-refractivity contribution >= 4 is 34.1 Å². The van der Waals surface area contributed by atoms with E-state index in [4.69, 9.17) is 0 Å². The van der Waals surface area contributed by atoms with Gasteiger partial charge in [0.25, 0.3) is 5.91 Å². The highest BCUT2D eigenvalue weighted by Gasteiger charge is 2.15. The number of nitrogens with zero attached hydrogens (tertiary/aromatic N) is 2. The van der Waals surface area contributed by atoms with Gasteiger partial charge >= 0.3 is 0 Å². The lowest BCUT2D eigenvalue weighted by atomic mass is 9.87. The zero-order chi connectivity index (χ0) is 18.7. The van der Waals surface area contributed by atoms with E-state index in [0.29, 0.717) is 10.7 Å². The van der Waals surface area contributed by atoms with Crippen LogP contribution < -0.4 is 5.32 Å². The number of thioether (sulfide) groups is 1. The summed E-state index contributed by atoms with van der Waals surface area (Å²) in [7, 11) is 0. The molecule has 3 aromatic rings. The second-order valence-electron chi connectivity index (χ2n) is 6.92. The minimum atomic E-state index is -0.175. The molecule has 3 rings (SSSR count). The molecular weight excluding hydrogens is 362 g/mol. The van der Waals surface area contributed by atoms with Crippen molar-refractivity contribution in [1.82, 2.24) is 10.2 Å². The molecule has 0 spiro atoms. The minimum absolute atomic E-state index is 0.0645. The second kappa shape index (κ2) is 7.60. The molecule has 0 aliphatic carbocycles. The van der Waals surface area contributed by atoms with Gasteiger partial charge in [-0.25, -0.2) is 0 Å². The van der Waals surface area contributed by atoms with Gasteiger partial charge in [-0.05, 0) is 41.5 Å². The summed E-state index contributed by atoms with van der Waals surface area (Å²) in [6.07, 6.45) is 2.04. The molecule has 4 nitrogen and oxygen atoms in total. The predicted octanol–water partition coefficient (Wildman–Crippen LogP) is 5.48. The quantitative estimate of drug-likeness (QED) is 0.606. The molecular formula is C20H21N3OS2. The minimum Gasteiger partial charge on any atom is -0.296 e. The number of amides is 1. The lowest BCUT2D eigenvalue weighted by Gasteiger charge is -2.18. The number of nitrogens with one attached hydrogen (secondary N) is 1. The van der Waals surface area contributed by atoms with Crippen molar-refractivity contribution in [1.29, 1.82) is 0 Å². The predicted molar refractivity (Wildman–Crippen MR) is 110 cm³/mol. The highest BCUT2D eigenvalue weighted by atomic mass is 32.2. The SMILES string of the molecule is CSc1ccc(-c2nnc(NC(=O)c3ccc(C(C)(C)C)cc3)s2)cc1. The Morgan fingerprint density at radius 1 is 1.00 bits per heavy atom. The normalized spacial score (nSPS) is 11.4. The van der Waals surface area contributed by atoms with Gasteiger partial charge in [0, 0.05) is 16.0 Å². The van der Waals surface area contributed by atoms with E-state index in [0.717, 1.165) is 10.6 Å². The maximum Gasteiger partial charge on any atom is 0.257 e. The summed E-state index contributed by atoms with van der Waals surface area (Å²) in [6, 6.07) is 15.8. The molecule has 0 atom stereocenters. The summed E-state index contributed by atoms with van der Waals surface area (Å²) < 4.78 is 0. The maximum atomic E-state index is 12.4. The molecule has 1 amide bonds. The third-order valence-electron chi connectivity index (χ3n) is 4.00. The molecule has 0 radical (unpaired) electrons. The summed E-state index contributed by atoms with van der Waals surface area (Å²) in [4.78, 5) is 13.6. The van der Waals surface area contributed by atoms with Crippen molar-refractivity contribution in [3.8, 4) is 10.6 Å². The average Bonchev–Trinajstić information content (AvgIpc) is 3.09. The number of benzene rings is 2. The smallest absolute Gasteiger partial charge is 0.257 e. The summed E-state index contributed by atoms with van der Waals surface area (Å²) >= 11 is 3.07. The van der Waals surface area contributed by atoms with Gasteiger partial charge in [0.2, 0.25) is 5.13 Å². The van der Waals surface area contributed by atoms with Gasteiger partial charge in [-0.1, -0.05) is 56.4 Å². The Bertz CT molecular complexity index is 894. The first-order valence-electron chi connectivity index (χ1n) is 8.26. The van der Waals surface area contributed by atoms with Crippen LogP contribution in [0.15, 0.2) is 53.4 Å². The highest BCUT2D eigenvalue weighted by molar-refractivity contribution is 7.98. The van der Waals surface area contributed by atoms with E-state index in [2.05, 4.69) is 48.4 Å². The molecule has 0 fully saturated rings. The lowest BCUT2D eigenvalue weighted by molar-refractivity contribution is 0.102. The van der Waals surface area contributed by atoms with Gasteiger partial charge < -0.3 is 0 Å². The van der Waals surface area contributed by atoms with Gasteiger partial charge in [0.15, 0.2) is 0 Å². The fraction of sp³-hybridized carbons (Fsp3) is 0.250. The molecule has 1 N–H and O–H groups in total. The van der Waals surface area contributed by atoms with Crippen LogP contribution in [0.25, 0.3) is 10.6 Å². The first-order chi connectivity index (χ1) is 12.4. The van der Waals surface area contributed by atoms with Crippen LogP contribution in [0.5, 0.6) is 0 Å². The Hall–Kier alpha value is -2.18. The van der Waals surface area contributed by atoms with Crippen LogP contribution >= 0.6 is 23.1 Å². The highest BCUT2D eigenvalue weighted by Crippen LogP contribution is 2.28. The van der Waals surface area contributed by atoms with Crippen molar-refractivity contribution in [2.24, 2.45) is 0 Å². The van der Waals surface area contributed by atoms with Crippen molar-refractivity contribution in [2.75, 3.05) is 11.6 Å². The first kappa shape index (κ1) is 18.6. The first-order valence-corrected chi connectivity index (χ1v) is 10.3. The molecule has 1 heterocycles. The molecule has 2 aromatic carbocycles.